The number of rotatable bonds is 2. The zero-order valence-corrected chi connectivity index (χ0v) is 6.81. The van der Waals surface area contributed by atoms with Gasteiger partial charge in [-0.05, 0) is 0 Å². The SMILES string of the molecule is N[C@@H](CO)c1c(O)cc(O)cc1O. The summed E-state index contributed by atoms with van der Waals surface area (Å²) in [5, 5.41) is 36.2. The molecule has 0 aromatic heterocycles. The molecular formula is C8H11NO4. The monoisotopic (exact) mass is 185 g/mol. The van der Waals surface area contributed by atoms with Crippen molar-refractivity contribution in [2.75, 3.05) is 6.61 Å². The van der Waals surface area contributed by atoms with Crippen LogP contribution in [-0.2, 0) is 0 Å². The van der Waals surface area contributed by atoms with Crippen molar-refractivity contribution in [1.29, 1.82) is 0 Å². The van der Waals surface area contributed by atoms with Gasteiger partial charge in [0.25, 0.3) is 0 Å². The van der Waals surface area contributed by atoms with Crippen molar-refractivity contribution < 1.29 is 20.4 Å². The van der Waals surface area contributed by atoms with Crippen LogP contribution in [0, 0.1) is 0 Å². The molecule has 1 atom stereocenters. The number of aliphatic hydroxyl groups is 1. The van der Waals surface area contributed by atoms with E-state index < -0.39 is 12.6 Å². The molecule has 0 spiro atoms. The van der Waals surface area contributed by atoms with Gasteiger partial charge in [-0.15, -0.1) is 0 Å². The molecule has 0 radical (unpaired) electrons. The van der Waals surface area contributed by atoms with Gasteiger partial charge in [0, 0.05) is 12.1 Å². The topological polar surface area (TPSA) is 107 Å². The van der Waals surface area contributed by atoms with Crippen LogP contribution in [0.1, 0.15) is 11.6 Å². The van der Waals surface area contributed by atoms with E-state index in [9.17, 15) is 10.2 Å². The second-order valence-electron chi connectivity index (χ2n) is 2.69. The Balaban J connectivity index is 3.20. The molecule has 0 aliphatic rings. The third-order valence-corrected chi connectivity index (χ3v) is 1.69. The minimum absolute atomic E-state index is 0.0281. The summed E-state index contributed by atoms with van der Waals surface area (Å²) in [6.07, 6.45) is 0. The molecular weight excluding hydrogens is 174 g/mol. The highest BCUT2D eigenvalue weighted by Gasteiger charge is 2.15. The largest absolute Gasteiger partial charge is 0.508 e. The van der Waals surface area contributed by atoms with E-state index in [1.165, 1.54) is 0 Å². The maximum absolute atomic E-state index is 9.26. The Labute approximate surface area is 74.7 Å². The van der Waals surface area contributed by atoms with Crippen LogP contribution in [0.2, 0.25) is 0 Å². The van der Waals surface area contributed by atoms with Crippen molar-refractivity contribution in [3.05, 3.63) is 17.7 Å². The number of aromatic hydroxyl groups is 3. The minimum atomic E-state index is -0.861. The fraction of sp³-hybridized carbons (Fsp3) is 0.250. The number of phenolic OH excluding ortho intramolecular Hbond substituents is 3. The Morgan fingerprint density at radius 2 is 1.62 bits per heavy atom. The molecule has 1 aromatic carbocycles. The summed E-state index contributed by atoms with van der Waals surface area (Å²) in [6, 6.07) is 1.23. The van der Waals surface area contributed by atoms with Crippen LogP contribution in [0.5, 0.6) is 17.2 Å². The van der Waals surface area contributed by atoms with E-state index in [1.54, 1.807) is 0 Å². The molecule has 6 N–H and O–H groups in total. The summed E-state index contributed by atoms with van der Waals surface area (Å²) in [5.74, 6) is -0.929. The van der Waals surface area contributed by atoms with Crippen molar-refractivity contribution in [1.82, 2.24) is 0 Å². The highest BCUT2D eigenvalue weighted by atomic mass is 16.3. The van der Waals surface area contributed by atoms with E-state index in [2.05, 4.69) is 0 Å². The molecule has 5 heteroatoms. The third kappa shape index (κ3) is 1.82. The van der Waals surface area contributed by atoms with Crippen LogP contribution in [0.4, 0.5) is 0 Å². The Morgan fingerprint density at radius 1 is 1.15 bits per heavy atom. The van der Waals surface area contributed by atoms with Gasteiger partial charge in [0.15, 0.2) is 0 Å². The predicted molar refractivity (Wildman–Crippen MR) is 45.5 cm³/mol. The molecule has 0 saturated heterocycles. The predicted octanol–water partition coefficient (Wildman–Crippen LogP) is -0.205. The average molecular weight is 185 g/mol. The lowest BCUT2D eigenvalue weighted by atomic mass is 10.1. The molecule has 0 unspecified atom stereocenters. The Kier molecular flexibility index (Phi) is 2.60. The molecule has 72 valence electrons. The van der Waals surface area contributed by atoms with E-state index in [4.69, 9.17) is 15.9 Å². The Hall–Kier alpha value is -1.46. The second-order valence-corrected chi connectivity index (χ2v) is 2.69. The van der Waals surface area contributed by atoms with Crippen LogP contribution in [0.3, 0.4) is 0 Å². The highest BCUT2D eigenvalue weighted by Crippen LogP contribution is 2.35. The Morgan fingerprint density at radius 3 is 2.00 bits per heavy atom. The third-order valence-electron chi connectivity index (χ3n) is 1.69. The van der Waals surface area contributed by atoms with Gasteiger partial charge >= 0.3 is 0 Å². The van der Waals surface area contributed by atoms with Crippen molar-refractivity contribution >= 4 is 0 Å². The second kappa shape index (κ2) is 3.51. The molecule has 13 heavy (non-hydrogen) atoms. The van der Waals surface area contributed by atoms with E-state index in [1.807, 2.05) is 0 Å². The first-order chi connectivity index (χ1) is 6.06. The van der Waals surface area contributed by atoms with E-state index >= 15 is 0 Å². The van der Waals surface area contributed by atoms with Crippen molar-refractivity contribution in [3.63, 3.8) is 0 Å². The zero-order valence-electron chi connectivity index (χ0n) is 6.81. The first kappa shape index (κ1) is 9.63. The molecule has 1 rings (SSSR count). The van der Waals surface area contributed by atoms with E-state index in [0.717, 1.165) is 12.1 Å². The van der Waals surface area contributed by atoms with Gasteiger partial charge in [0.1, 0.15) is 17.2 Å². The van der Waals surface area contributed by atoms with Gasteiger partial charge < -0.3 is 26.2 Å². The number of hydrogen-bond acceptors (Lipinski definition) is 5. The maximum atomic E-state index is 9.26. The summed E-state index contributed by atoms with van der Waals surface area (Å²) in [5.41, 5.74) is 5.42. The number of nitrogens with two attached hydrogens (primary N) is 1. The molecule has 0 bridgehead atoms. The number of benzene rings is 1. The summed E-state index contributed by atoms with van der Waals surface area (Å²) in [4.78, 5) is 0. The fourth-order valence-corrected chi connectivity index (χ4v) is 1.08. The van der Waals surface area contributed by atoms with Crippen molar-refractivity contribution in [2.45, 2.75) is 6.04 Å². The normalized spacial score (nSPS) is 12.8. The first-order valence-corrected chi connectivity index (χ1v) is 3.67. The van der Waals surface area contributed by atoms with Gasteiger partial charge in [-0.25, -0.2) is 0 Å². The summed E-state index contributed by atoms with van der Waals surface area (Å²) >= 11 is 0. The Bertz CT molecular complexity index is 290. The number of hydrogen-bond donors (Lipinski definition) is 5. The molecule has 0 aliphatic heterocycles. The smallest absolute Gasteiger partial charge is 0.127 e. The maximum Gasteiger partial charge on any atom is 0.127 e. The summed E-state index contributed by atoms with van der Waals surface area (Å²) < 4.78 is 0. The van der Waals surface area contributed by atoms with Crippen LogP contribution in [-0.4, -0.2) is 27.0 Å². The average Bonchev–Trinajstić information content (AvgIpc) is 2.02. The summed E-state index contributed by atoms with van der Waals surface area (Å²) in [6.45, 7) is -0.397. The van der Waals surface area contributed by atoms with Crippen LogP contribution in [0.25, 0.3) is 0 Å². The molecule has 0 amide bonds. The number of aliphatic hydroxyl groups excluding tert-OH is 1. The number of phenols is 3. The van der Waals surface area contributed by atoms with Gasteiger partial charge in [-0.3, -0.25) is 0 Å². The molecule has 1 aromatic rings. The highest BCUT2D eigenvalue weighted by molar-refractivity contribution is 5.50. The van der Waals surface area contributed by atoms with Crippen LogP contribution in [0.15, 0.2) is 12.1 Å². The van der Waals surface area contributed by atoms with Crippen LogP contribution < -0.4 is 5.73 Å². The molecule has 0 heterocycles. The lowest BCUT2D eigenvalue weighted by molar-refractivity contribution is 0.262. The minimum Gasteiger partial charge on any atom is -0.508 e. The van der Waals surface area contributed by atoms with Crippen molar-refractivity contribution in [2.24, 2.45) is 5.73 Å². The van der Waals surface area contributed by atoms with Gasteiger partial charge in [-0.1, -0.05) is 0 Å². The molecule has 0 aliphatic carbocycles. The summed E-state index contributed by atoms with van der Waals surface area (Å²) in [7, 11) is 0. The first-order valence-electron chi connectivity index (χ1n) is 3.67. The van der Waals surface area contributed by atoms with Crippen molar-refractivity contribution in [3.8, 4) is 17.2 Å². The quantitative estimate of drug-likeness (QED) is 0.438. The van der Waals surface area contributed by atoms with Gasteiger partial charge in [0.2, 0.25) is 0 Å². The van der Waals surface area contributed by atoms with E-state index in [-0.39, 0.29) is 22.8 Å². The van der Waals surface area contributed by atoms with Gasteiger partial charge in [-0.2, -0.15) is 0 Å². The van der Waals surface area contributed by atoms with Gasteiger partial charge in [0.05, 0.1) is 18.2 Å². The lowest BCUT2D eigenvalue weighted by Gasteiger charge is -2.12. The fourth-order valence-electron chi connectivity index (χ4n) is 1.08. The molecule has 0 fully saturated rings. The zero-order chi connectivity index (χ0) is 10.0. The van der Waals surface area contributed by atoms with Crippen LogP contribution >= 0.6 is 0 Å². The lowest BCUT2D eigenvalue weighted by Crippen LogP contribution is -2.14. The molecule has 0 saturated carbocycles. The molecule has 5 nitrogen and oxygen atoms in total. The van der Waals surface area contributed by atoms with E-state index in [0.29, 0.717) is 0 Å². The standard InChI is InChI=1S/C8H11NO4/c9-5(3-10)8-6(12)1-4(11)2-7(8)13/h1-2,5,10-13H,3,9H2/t5-/m0/s1.